The van der Waals surface area contributed by atoms with Crippen molar-refractivity contribution in [3.63, 3.8) is 0 Å². The molecule has 2 heterocycles. The van der Waals surface area contributed by atoms with Crippen LogP contribution in [0.5, 0.6) is 0 Å². The van der Waals surface area contributed by atoms with E-state index in [2.05, 4.69) is 5.10 Å². The molecule has 0 bridgehead atoms. The third-order valence-electron chi connectivity index (χ3n) is 3.85. The fourth-order valence-corrected chi connectivity index (χ4v) is 2.71. The van der Waals surface area contributed by atoms with E-state index >= 15 is 0 Å². The van der Waals surface area contributed by atoms with Crippen molar-refractivity contribution in [2.75, 3.05) is 5.73 Å². The number of hydrogen-bond acceptors (Lipinski definition) is 3. The zero-order valence-corrected chi connectivity index (χ0v) is 11.6. The molecular weight excluding hydrogens is 252 g/mol. The standard InChI is InChI=1S/C15H20N4O/c16-13-8-6-12(7-9-13)4-3-11-19-15(20)18-10-2-1-5-14(18)17-19/h6-9H,1-5,10-11,16H2. The second-order valence-corrected chi connectivity index (χ2v) is 5.38. The first-order chi connectivity index (χ1) is 9.74. The molecule has 5 heteroatoms. The van der Waals surface area contributed by atoms with Crippen LogP contribution in [0, 0.1) is 0 Å². The normalized spacial score (nSPS) is 14.2. The van der Waals surface area contributed by atoms with Gasteiger partial charge >= 0.3 is 5.69 Å². The van der Waals surface area contributed by atoms with Gasteiger partial charge in [0.05, 0.1) is 0 Å². The van der Waals surface area contributed by atoms with Crippen LogP contribution >= 0.6 is 0 Å². The number of benzene rings is 1. The summed E-state index contributed by atoms with van der Waals surface area (Å²) < 4.78 is 3.45. The molecule has 0 aliphatic carbocycles. The Morgan fingerprint density at radius 2 is 2.00 bits per heavy atom. The second kappa shape index (κ2) is 5.53. The van der Waals surface area contributed by atoms with E-state index in [1.807, 2.05) is 28.8 Å². The Morgan fingerprint density at radius 1 is 1.20 bits per heavy atom. The molecule has 0 unspecified atom stereocenters. The summed E-state index contributed by atoms with van der Waals surface area (Å²) in [5.41, 5.74) is 7.75. The van der Waals surface area contributed by atoms with Crippen LogP contribution in [0.1, 0.15) is 30.7 Å². The predicted molar refractivity (Wildman–Crippen MR) is 78.6 cm³/mol. The number of nitrogen functional groups attached to an aromatic ring is 1. The molecule has 1 aliphatic heterocycles. The first-order valence-electron chi connectivity index (χ1n) is 7.25. The molecule has 106 valence electrons. The lowest BCUT2D eigenvalue weighted by Crippen LogP contribution is -2.27. The van der Waals surface area contributed by atoms with Crippen molar-refractivity contribution in [3.05, 3.63) is 46.1 Å². The first-order valence-corrected chi connectivity index (χ1v) is 7.25. The third-order valence-corrected chi connectivity index (χ3v) is 3.85. The lowest BCUT2D eigenvalue weighted by atomic mass is 10.1. The average molecular weight is 272 g/mol. The topological polar surface area (TPSA) is 65.8 Å². The van der Waals surface area contributed by atoms with Gasteiger partial charge in [0, 0.05) is 25.2 Å². The summed E-state index contributed by atoms with van der Waals surface area (Å²) in [4.78, 5) is 12.1. The van der Waals surface area contributed by atoms with Crippen LogP contribution in [-0.4, -0.2) is 14.3 Å². The van der Waals surface area contributed by atoms with Crippen LogP contribution in [0.25, 0.3) is 0 Å². The third kappa shape index (κ3) is 2.61. The molecule has 2 aromatic rings. The summed E-state index contributed by atoms with van der Waals surface area (Å²) >= 11 is 0. The van der Waals surface area contributed by atoms with Gasteiger partial charge in [0.15, 0.2) is 0 Å². The van der Waals surface area contributed by atoms with Gasteiger partial charge in [0.2, 0.25) is 0 Å². The Bertz CT molecular complexity index is 639. The van der Waals surface area contributed by atoms with Crippen LogP contribution in [0.2, 0.25) is 0 Å². The van der Waals surface area contributed by atoms with E-state index in [1.54, 1.807) is 4.68 Å². The van der Waals surface area contributed by atoms with Gasteiger partial charge in [-0.25, -0.2) is 9.48 Å². The molecule has 0 amide bonds. The maximum Gasteiger partial charge on any atom is 0.345 e. The second-order valence-electron chi connectivity index (χ2n) is 5.38. The molecule has 0 fully saturated rings. The number of aromatic nitrogens is 3. The van der Waals surface area contributed by atoms with Crippen molar-refractivity contribution in [2.24, 2.45) is 0 Å². The van der Waals surface area contributed by atoms with E-state index in [1.165, 1.54) is 5.56 Å². The zero-order chi connectivity index (χ0) is 13.9. The number of rotatable bonds is 4. The minimum Gasteiger partial charge on any atom is -0.399 e. The van der Waals surface area contributed by atoms with Gasteiger partial charge in [0.25, 0.3) is 0 Å². The van der Waals surface area contributed by atoms with Crippen LogP contribution in [0.15, 0.2) is 29.1 Å². The number of anilines is 1. The fraction of sp³-hybridized carbons (Fsp3) is 0.467. The summed E-state index contributed by atoms with van der Waals surface area (Å²) in [6.07, 6.45) is 5.02. The van der Waals surface area contributed by atoms with Crippen LogP contribution < -0.4 is 11.4 Å². The molecule has 1 aromatic heterocycles. The SMILES string of the molecule is Nc1ccc(CCCn2nc3n(c2=O)CCCC3)cc1. The maximum absolute atomic E-state index is 12.1. The average Bonchev–Trinajstić information content (AvgIpc) is 2.78. The molecule has 5 nitrogen and oxygen atoms in total. The van der Waals surface area contributed by atoms with Crippen molar-refractivity contribution >= 4 is 5.69 Å². The molecule has 1 aliphatic rings. The summed E-state index contributed by atoms with van der Waals surface area (Å²) in [5.74, 6) is 0.953. The van der Waals surface area contributed by atoms with Crippen LogP contribution in [0.3, 0.4) is 0 Å². The highest BCUT2D eigenvalue weighted by Gasteiger charge is 2.15. The van der Waals surface area contributed by atoms with Gasteiger partial charge in [-0.3, -0.25) is 4.57 Å². The number of fused-ring (bicyclic) bond motifs is 1. The first kappa shape index (κ1) is 13.0. The molecule has 0 radical (unpaired) electrons. The molecule has 0 atom stereocenters. The quantitative estimate of drug-likeness (QED) is 0.860. The number of nitrogens with zero attached hydrogens (tertiary/aromatic N) is 3. The van der Waals surface area contributed by atoms with E-state index in [9.17, 15) is 4.79 Å². The Balaban J connectivity index is 1.63. The molecule has 20 heavy (non-hydrogen) atoms. The zero-order valence-electron chi connectivity index (χ0n) is 11.6. The van der Waals surface area contributed by atoms with Gasteiger partial charge in [0.1, 0.15) is 5.82 Å². The van der Waals surface area contributed by atoms with E-state index in [0.29, 0.717) is 6.54 Å². The Hall–Kier alpha value is -2.04. The van der Waals surface area contributed by atoms with Crippen molar-refractivity contribution in [3.8, 4) is 0 Å². The number of nitrogens with two attached hydrogens (primary N) is 1. The molecule has 1 aromatic carbocycles. The predicted octanol–water partition coefficient (Wildman–Crippen LogP) is 1.60. The largest absolute Gasteiger partial charge is 0.399 e. The summed E-state index contributed by atoms with van der Waals surface area (Å²) in [6.45, 7) is 1.51. The lowest BCUT2D eigenvalue weighted by molar-refractivity contribution is 0.509. The van der Waals surface area contributed by atoms with Gasteiger partial charge < -0.3 is 5.73 Å². The van der Waals surface area contributed by atoms with E-state index < -0.39 is 0 Å². The summed E-state index contributed by atoms with van der Waals surface area (Å²) in [6, 6.07) is 7.90. The highest BCUT2D eigenvalue weighted by Crippen LogP contribution is 2.10. The van der Waals surface area contributed by atoms with Gasteiger partial charge in [-0.15, -0.1) is 0 Å². The van der Waals surface area contributed by atoms with Crippen LogP contribution in [-0.2, 0) is 25.9 Å². The summed E-state index contributed by atoms with van der Waals surface area (Å²) in [5, 5.41) is 4.44. The minimum absolute atomic E-state index is 0.0528. The highest BCUT2D eigenvalue weighted by atomic mass is 16.2. The maximum atomic E-state index is 12.1. The molecule has 0 spiro atoms. The minimum atomic E-state index is 0.0528. The molecule has 3 rings (SSSR count). The monoisotopic (exact) mass is 272 g/mol. The molecule has 0 saturated heterocycles. The lowest BCUT2D eigenvalue weighted by Gasteiger charge is -2.09. The number of hydrogen-bond donors (Lipinski definition) is 1. The van der Waals surface area contributed by atoms with Gasteiger partial charge in [-0.1, -0.05) is 12.1 Å². The summed E-state index contributed by atoms with van der Waals surface area (Å²) in [7, 11) is 0. The van der Waals surface area contributed by atoms with Crippen LogP contribution in [0.4, 0.5) is 5.69 Å². The van der Waals surface area contributed by atoms with Crippen molar-refractivity contribution in [1.29, 1.82) is 0 Å². The van der Waals surface area contributed by atoms with Crippen molar-refractivity contribution < 1.29 is 0 Å². The smallest absolute Gasteiger partial charge is 0.345 e. The molecule has 0 saturated carbocycles. The Morgan fingerprint density at radius 3 is 2.75 bits per heavy atom. The van der Waals surface area contributed by atoms with E-state index in [4.69, 9.17) is 5.73 Å². The number of aryl methyl sites for hydroxylation is 3. The highest BCUT2D eigenvalue weighted by molar-refractivity contribution is 5.39. The Kier molecular flexibility index (Phi) is 3.58. The Labute approximate surface area is 118 Å². The molecule has 2 N–H and O–H groups in total. The van der Waals surface area contributed by atoms with Crippen molar-refractivity contribution in [2.45, 2.75) is 45.2 Å². The van der Waals surface area contributed by atoms with Gasteiger partial charge in [-0.05, 0) is 43.4 Å². The molecular formula is C15H20N4O. The van der Waals surface area contributed by atoms with Gasteiger partial charge in [-0.2, -0.15) is 5.10 Å². The fourth-order valence-electron chi connectivity index (χ4n) is 2.71. The van der Waals surface area contributed by atoms with Crippen molar-refractivity contribution in [1.82, 2.24) is 14.3 Å². The van der Waals surface area contributed by atoms with E-state index in [-0.39, 0.29) is 5.69 Å². The van der Waals surface area contributed by atoms with E-state index in [0.717, 1.165) is 50.2 Å².